The van der Waals surface area contributed by atoms with E-state index in [1.165, 1.54) is 7.11 Å². The summed E-state index contributed by atoms with van der Waals surface area (Å²) < 4.78 is 25.9. The zero-order chi connectivity index (χ0) is 21.5. The Morgan fingerprint density at radius 3 is 2.38 bits per heavy atom. The van der Waals surface area contributed by atoms with Crippen molar-refractivity contribution in [3.8, 4) is 5.75 Å². The van der Waals surface area contributed by atoms with Crippen molar-refractivity contribution in [1.82, 2.24) is 0 Å². The van der Waals surface area contributed by atoms with E-state index in [1.54, 1.807) is 27.2 Å². The van der Waals surface area contributed by atoms with Gasteiger partial charge in [-0.05, 0) is 43.5 Å². The van der Waals surface area contributed by atoms with Crippen molar-refractivity contribution in [2.24, 2.45) is 0 Å². The minimum Gasteiger partial charge on any atom is -0.497 e. The molecule has 6 heteroatoms. The molecule has 0 aliphatic heterocycles. The van der Waals surface area contributed by atoms with Gasteiger partial charge in [0, 0.05) is 19.8 Å². The van der Waals surface area contributed by atoms with E-state index in [0.717, 1.165) is 16.9 Å². The first-order chi connectivity index (χ1) is 14.0. The number of hydrogen-bond donors (Lipinski definition) is 0. The summed E-state index contributed by atoms with van der Waals surface area (Å²) in [5.74, 6) is 0.429. The molecular weight excluding hydrogens is 372 g/mol. The predicted octanol–water partition coefficient (Wildman–Crippen LogP) is 4.21. The molecule has 29 heavy (non-hydrogen) atoms. The van der Waals surface area contributed by atoms with Crippen LogP contribution in [0.4, 0.5) is 0 Å². The number of allylic oxidation sites excluding steroid dienone is 2. The second-order valence-electron chi connectivity index (χ2n) is 6.39. The van der Waals surface area contributed by atoms with Crippen LogP contribution in [0.3, 0.4) is 0 Å². The van der Waals surface area contributed by atoms with E-state index in [9.17, 15) is 4.79 Å². The topological polar surface area (TPSA) is 63.2 Å². The molecule has 1 unspecified atom stereocenters. The van der Waals surface area contributed by atoms with Crippen LogP contribution in [0.2, 0.25) is 0 Å². The van der Waals surface area contributed by atoms with Crippen LogP contribution in [0.25, 0.3) is 0 Å². The first kappa shape index (κ1) is 24.6. The number of carbonyl (C=O) groups is 1. The van der Waals surface area contributed by atoms with E-state index in [1.807, 2.05) is 49.4 Å². The number of hydrogen-bond acceptors (Lipinski definition) is 6. The second kappa shape index (κ2) is 14.6. The minimum atomic E-state index is -0.404. The maximum absolute atomic E-state index is 11.7. The van der Waals surface area contributed by atoms with Crippen molar-refractivity contribution < 1.29 is 28.5 Å². The van der Waals surface area contributed by atoms with Gasteiger partial charge < -0.3 is 23.7 Å². The lowest BCUT2D eigenvalue weighted by Gasteiger charge is -2.13. The normalized spacial score (nSPS) is 13.6. The molecule has 1 aromatic rings. The van der Waals surface area contributed by atoms with Crippen LogP contribution in [0.1, 0.15) is 25.8 Å². The van der Waals surface area contributed by atoms with Crippen molar-refractivity contribution >= 4 is 5.97 Å². The van der Waals surface area contributed by atoms with Crippen molar-refractivity contribution in [3.05, 3.63) is 65.3 Å². The van der Waals surface area contributed by atoms with E-state index < -0.39 is 5.97 Å². The van der Waals surface area contributed by atoms with Gasteiger partial charge in [-0.3, -0.25) is 0 Å². The van der Waals surface area contributed by atoms with Crippen LogP contribution in [0, 0.1) is 0 Å². The van der Waals surface area contributed by atoms with Gasteiger partial charge in [0.1, 0.15) is 5.75 Å². The number of ether oxygens (including phenoxy) is 5. The highest BCUT2D eigenvalue weighted by Crippen LogP contribution is 2.13. The van der Waals surface area contributed by atoms with Crippen LogP contribution >= 0.6 is 0 Å². The summed E-state index contributed by atoms with van der Waals surface area (Å²) in [5, 5.41) is 0. The van der Waals surface area contributed by atoms with Gasteiger partial charge in [0.25, 0.3) is 0 Å². The Hall–Kier alpha value is -2.41. The van der Waals surface area contributed by atoms with Crippen LogP contribution < -0.4 is 4.74 Å². The van der Waals surface area contributed by atoms with E-state index in [4.69, 9.17) is 23.7 Å². The lowest BCUT2D eigenvalue weighted by atomic mass is 10.1. The molecule has 0 aliphatic carbocycles. The Morgan fingerprint density at radius 2 is 1.76 bits per heavy atom. The van der Waals surface area contributed by atoms with Crippen LogP contribution in [-0.2, 0) is 30.3 Å². The van der Waals surface area contributed by atoms with Gasteiger partial charge in [0.15, 0.2) is 6.79 Å². The number of carbonyl (C=O) groups excluding carboxylic acids is 1. The van der Waals surface area contributed by atoms with Crippen LogP contribution in [-0.4, -0.2) is 46.8 Å². The molecule has 1 rings (SSSR count). The molecule has 0 N–H and O–H groups in total. The van der Waals surface area contributed by atoms with E-state index in [-0.39, 0.29) is 12.9 Å². The molecule has 0 radical (unpaired) electrons. The zero-order valence-corrected chi connectivity index (χ0v) is 18.0. The van der Waals surface area contributed by atoms with Gasteiger partial charge in [-0.25, -0.2) is 4.79 Å². The van der Waals surface area contributed by atoms with Crippen molar-refractivity contribution in [1.29, 1.82) is 0 Å². The van der Waals surface area contributed by atoms with Gasteiger partial charge in [-0.2, -0.15) is 0 Å². The highest BCUT2D eigenvalue weighted by Gasteiger charge is 2.08. The lowest BCUT2D eigenvalue weighted by Crippen LogP contribution is -2.11. The first-order valence-electron chi connectivity index (χ1n) is 9.41. The quantitative estimate of drug-likeness (QED) is 0.123. The zero-order valence-electron chi connectivity index (χ0n) is 18.0. The molecule has 0 spiro atoms. The van der Waals surface area contributed by atoms with Gasteiger partial charge in [-0.1, -0.05) is 36.4 Å². The summed E-state index contributed by atoms with van der Waals surface area (Å²) in [6, 6.07) is 7.80. The fraction of sp³-hybridized carbons (Fsp3) is 0.435. The molecule has 1 aromatic carbocycles. The summed E-state index contributed by atoms with van der Waals surface area (Å²) in [6.45, 7) is 4.68. The summed E-state index contributed by atoms with van der Waals surface area (Å²) in [7, 11) is 4.78. The fourth-order valence-electron chi connectivity index (χ4n) is 2.38. The SMILES string of the molecule is COCOC(=O)/C(C)=C/C=C(/C)C(C/C=C\COCc1ccc(OC)cc1)OC. The predicted molar refractivity (Wildman–Crippen MR) is 113 cm³/mol. The molecule has 0 saturated carbocycles. The summed E-state index contributed by atoms with van der Waals surface area (Å²) in [5.41, 5.74) is 2.60. The average molecular weight is 405 g/mol. The lowest BCUT2D eigenvalue weighted by molar-refractivity contribution is -0.149. The highest BCUT2D eigenvalue weighted by atomic mass is 16.7. The molecule has 0 heterocycles. The standard InChI is InChI=1S/C23H32O6/c1-18(9-10-19(2)23(24)29-17-25-3)22(27-5)8-6-7-15-28-16-20-11-13-21(26-4)14-12-20/h6-7,9-14,22H,8,15-17H2,1-5H3/b7-6-,18-9-,19-10+. The van der Waals surface area contributed by atoms with Gasteiger partial charge in [0.2, 0.25) is 0 Å². The van der Waals surface area contributed by atoms with Gasteiger partial charge >= 0.3 is 5.97 Å². The molecule has 160 valence electrons. The van der Waals surface area contributed by atoms with E-state index >= 15 is 0 Å². The molecule has 0 aliphatic rings. The Balaban J connectivity index is 2.41. The maximum atomic E-state index is 11.7. The molecular formula is C23H32O6. The Kier molecular flexibility index (Phi) is 12.4. The smallest absolute Gasteiger partial charge is 0.335 e. The molecule has 0 bridgehead atoms. The molecule has 0 amide bonds. The summed E-state index contributed by atoms with van der Waals surface area (Å²) in [6.07, 6.45) is 8.24. The summed E-state index contributed by atoms with van der Waals surface area (Å²) >= 11 is 0. The maximum Gasteiger partial charge on any atom is 0.335 e. The van der Waals surface area contributed by atoms with Gasteiger partial charge in [0.05, 0.1) is 26.4 Å². The fourth-order valence-corrected chi connectivity index (χ4v) is 2.38. The second-order valence-corrected chi connectivity index (χ2v) is 6.39. The molecule has 0 aromatic heterocycles. The number of benzene rings is 1. The Labute approximate surface area is 173 Å². The summed E-state index contributed by atoms with van der Waals surface area (Å²) in [4.78, 5) is 11.7. The third kappa shape index (κ3) is 10.1. The number of methoxy groups -OCH3 is 3. The Bertz CT molecular complexity index is 688. The van der Waals surface area contributed by atoms with Crippen LogP contribution in [0.15, 0.2) is 59.7 Å². The van der Waals surface area contributed by atoms with Crippen molar-refractivity contribution in [2.45, 2.75) is 33.0 Å². The third-order valence-electron chi connectivity index (χ3n) is 4.18. The Morgan fingerprint density at radius 1 is 1.03 bits per heavy atom. The van der Waals surface area contributed by atoms with Crippen LogP contribution in [0.5, 0.6) is 5.75 Å². The highest BCUT2D eigenvalue weighted by molar-refractivity contribution is 5.88. The first-order valence-corrected chi connectivity index (χ1v) is 9.41. The average Bonchev–Trinajstić information content (AvgIpc) is 2.75. The van der Waals surface area contributed by atoms with Gasteiger partial charge in [-0.15, -0.1) is 0 Å². The largest absolute Gasteiger partial charge is 0.497 e. The molecule has 1 atom stereocenters. The van der Waals surface area contributed by atoms with E-state index in [2.05, 4.69) is 0 Å². The van der Waals surface area contributed by atoms with Crippen molar-refractivity contribution in [2.75, 3.05) is 34.7 Å². The number of rotatable bonds is 13. The molecule has 0 fully saturated rings. The van der Waals surface area contributed by atoms with Crippen molar-refractivity contribution in [3.63, 3.8) is 0 Å². The molecule has 6 nitrogen and oxygen atoms in total. The minimum absolute atomic E-state index is 0.0568. The third-order valence-corrected chi connectivity index (χ3v) is 4.18. The number of esters is 1. The molecule has 0 saturated heterocycles. The monoisotopic (exact) mass is 404 g/mol. The van der Waals surface area contributed by atoms with E-state index in [0.29, 0.717) is 25.2 Å².